The molecule has 68 heavy (non-hydrogen) atoms. The van der Waals surface area contributed by atoms with E-state index in [9.17, 15) is 42.8 Å². The Labute approximate surface area is 443 Å². The van der Waals surface area contributed by atoms with Gasteiger partial charge in [-0.3, -0.25) is 8.37 Å². The van der Waals surface area contributed by atoms with Crippen LogP contribution < -0.4 is 68.6 Å². The van der Waals surface area contributed by atoms with E-state index < -0.39 is 84.5 Å². The summed E-state index contributed by atoms with van der Waals surface area (Å²) in [5.74, 6) is 0.745. The summed E-state index contributed by atoms with van der Waals surface area (Å²) in [6.07, 6.45) is 3.32. The van der Waals surface area contributed by atoms with Gasteiger partial charge in [-0.1, -0.05) is 52.0 Å². The summed E-state index contributed by atoms with van der Waals surface area (Å²) in [5.41, 5.74) is 6.29. The third-order valence-corrected chi connectivity index (χ3v) is 21.3. The van der Waals surface area contributed by atoms with E-state index in [0.717, 1.165) is 68.5 Å². The molecule has 12 rings (SSSR count). The molecule has 4 aromatic carbocycles. The molecule has 2 fully saturated rings. The topological polar surface area (TPSA) is 220 Å². The van der Waals surface area contributed by atoms with Crippen molar-refractivity contribution in [2.24, 2.45) is 11.8 Å². The summed E-state index contributed by atoms with van der Waals surface area (Å²) in [7, 11) is -17.3. The van der Waals surface area contributed by atoms with Gasteiger partial charge in [0, 0.05) is 34.8 Å². The average molecular weight is 1030 g/mol. The third kappa shape index (κ3) is 6.64. The zero-order valence-electron chi connectivity index (χ0n) is 39.7. The van der Waals surface area contributed by atoms with Crippen LogP contribution in [0, 0.1) is 11.8 Å². The Kier molecular flexibility index (Phi) is 11.9. The molecule has 2 spiro atoms. The average Bonchev–Trinajstić information content (AvgIpc) is 4.09. The van der Waals surface area contributed by atoms with Crippen molar-refractivity contribution >= 4 is 40.5 Å². The second-order valence-corrected chi connectivity index (χ2v) is 26.2. The molecule has 0 amide bonds. The molecule has 10 unspecified atom stereocenters. The number of fused-ring (bicyclic) bond motifs is 14. The van der Waals surface area contributed by atoms with Crippen LogP contribution in [0.1, 0.15) is 136 Å². The monoisotopic (exact) mass is 1020 g/mol. The summed E-state index contributed by atoms with van der Waals surface area (Å²) in [4.78, 5) is -0.205. The summed E-state index contributed by atoms with van der Waals surface area (Å²) >= 11 is 0. The minimum atomic E-state index is -4.74. The van der Waals surface area contributed by atoms with Crippen LogP contribution in [0.3, 0.4) is 0 Å². The number of benzene rings is 4. The molecule has 6 aliphatic carbocycles. The maximum atomic E-state index is 13.3. The van der Waals surface area contributed by atoms with Gasteiger partial charge in [-0.15, -0.1) is 0 Å². The first-order chi connectivity index (χ1) is 30.7. The van der Waals surface area contributed by atoms with Gasteiger partial charge < -0.3 is 18.6 Å². The van der Waals surface area contributed by atoms with E-state index in [1.54, 1.807) is 26.0 Å². The molecule has 352 valence electrons. The standard InChI is InChI=1S/2C24H26O7S2.2Na/c2*1-12-9-15-19(12)16-10-14(3)31-33(28,29)22(16)21-20(15)23(4,24(21)11-13(24)2)30-17-7-5-6-8-18(17)32(25,26)27;;/h2*5-8,12-14H,9-11H2,1-4H3,(H,25,26,27);;/q;;2*+1/p-2. The first-order valence-electron chi connectivity index (χ1n) is 22.4. The van der Waals surface area contributed by atoms with E-state index in [0.29, 0.717) is 35.5 Å². The van der Waals surface area contributed by atoms with Crippen LogP contribution in [0.25, 0.3) is 0 Å². The molecule has 14 nitrogen and oxygen atoms in total. The SMILES string of the molecule is CC1Cc2c3c(c4c(c2S(=O)(=O)O1)C1(CC1C)C4(C)Oc1ccccc1S(=O)(=O)[O-])CC3C.CC1Cc2c3c(c4c(c2S(=O)(=O)O1)C1(CC1C)C4(C)Oc1ccccc1S(=O)(=O)[O-])CC3C.[Na+].[Na+]. The van der Waals surface area contributed by atoms with Crippen molar-refractivity contribution < 1.29 is 120 Å². The third-order valence-electron chi connectivity index (χ3n) is 16.5. The van der Waals surface area contributed by atoms with Gasteiger partial charge in [-0.05, 0) is 146 Å². The molecule has 4 aromatic rings. The van der Waals surface area contributed by atoms with Gasteiger partial charge in [0.05, 0.1) is 22.0 Å². The molecular formula is C48H50Na2O14S4. The van der Waals surface area contributed by atoms with Gasteiger partial charge >= 0.3 is 59.1 Å². The second-order valence-electron chi connectivity index (χ2n) is 20.5. The Morgan fingerprint density at radius 2 is 0.868 bits per heavy atom. The van der Waals surface area contributed by atoms with Gasteiger partial charge in [-0.2, -0.15) is 16.8 Å². The summed E-state index contributed by atoms with van der Waals surface area (Å²) in [6, 6.07) is 11.7. The molecule has 0 saturated heterocycles. The largest absolute Gasteiger partial charge is 1.00 e. The van der Waals surface area contributed by atoms with Crippen molar-refractivity contribution in [2.45, 2.75) is 160 Å². The van der Waals surface area contributed by atoms with E-state index in [1.807, 2.05) is 27.7 Å². The van der Waals surface area contributed by atoms with Gasteiger partial charge in [0.1, 0.15) is 52.7 Å². The number of hydrogen-bond donors (Lipinski definition) is 0. The Bertz CT molecular complexity index is 3160. The van der Waals surface area contributed by atoms with Crippen LogP contribution in [0.2, 0.25) is 0 Å². The minimum Gasteiger partial charge on any atom is -0.744 e. The van der Waals surface area contributed by atoms with Crippen molar-refractivity contribution in [3.05, 3.63) is 104 Å². The Morgan fingerprint density at radius 3 is 1.16 bits per heavy atom. The van der Waals surface area contributed by atoms with Gasteiger partial charge in [0.15, 0.2) is 0 Å². The summed E-state index contributed by atoms with van der Waals surface area (Å²) in [5, 5.41) is 0. The molecule has 10 atom stereocenters. The van der Waals surface area contributed by atoms with Crippen LogP contribution in [0.15, 0.2) is 68.1 Å². The van der Waals surface area contributed by atoms with Crippen molar-refractivity contribution in [1.82, 2.24) is 0 Å². The maximum Gasteiger partial charge on any atom is 1.00 e. The van der Waals surface area contributed by atoms with Crippen molar-refractivity contribution in [2.75, 3.05) is 0 Å². The zero-order valence-corrected chi connectivity index (χ0v) is 46.9. The Hall–Kier alpha value is -1.88. The minimum absolute atomic E-state index is 0. The van der Waals surface area contributed by atoms with E-state index in [1.165, 1.54) is 36.4 Å². The maximum absolute atomic E-state index is 13.3. The smallest absolute Gasteiger partial charge is 0.744 e. The molecule has 0 bridgehead atoms. The van der Waals surface area contributed by atoms with Crippen LogP contribution in [0.5, 0.6) is 11.5 Å². The van der Waals surface area contributed by atoms with Gasteiger partial charge in [-0.25, -0.2) is 16.8 Å². The molecule has 8 aliphatic rings. The number of hydrogen-bond acceptors (Lipinski definition) is 14. The van der Waals surface area contributed by atoms with E-state index in [-0.39, 0.29) is 94.3 Å². The van der Waals surface area contributed by atoms with Crippen molar-refractivity contribution in [3.63, 3.8) is 0 Å². The fourth-order valence-electron chi connectivity index (χ4n) is 13.8. The fraction of sp³-hybridized carbons (Fsp3) is 0.500. The molecule has 20 heteroatoms. The van der Waals surface area contributed by atoms with Crippen LogP contribution in [-0.2, 0) is 96.6 Å². The molecule has 2 aliphatic heterocycles. The van der Waals surface area contributed by atoms with E-state index in [2.05, 4.69) is 13.8 Å². The molecule has 0 aromatic heterocycles. The zero-order chi connectivity index (χ0) is 47.4. The van der Waals surface area contributed by atoms with Crippen LogP contribution in [-0.4, -0.2) is 55.0 Å². The first kappa shape index (κ1) is 51.0. The predicted octanol–water partition coefficient (Wildman–Crippen LogP) is 0.979. The van der Waals surface area contributed by atoms with Crippen LogP contribution in [0.4, 0.5) is 0 Å². The number of ether oxygens (including phenoxy) is 2. The Morgan fingerprint density at radius 1 is 0.544 bits per heavy atom. The van der Waals surface area contributed by atoms with Crippen LogP contribution >= 0.6 is 0 Å². The Balaban J connectivity index is 0.000000165. The van der Waals surface area contributed by atoms with Gasteiger partial charge in [0.2, 0.25) is 0 Å². The normalized spacial score (nSPS) is 34.0. The van der Waals surface area contributed by atoms with Crippen molar-refractivity contribution in [3.8, 4) is 11.5 Å². The first-order valence-corrected chi connectivity index (χ1v) is 28.1. The molecule has 0 N–H and O–H groups in total. The summed E-state index contributed by atoms with van der Waals surface area (Å²) < 4.78 is 148. The number of para-hydroxylation sites is 2. The predicted molar refractivity (Wildman–Crippen MR) is 236 cm³/mol. The molecule has 2 heterocycles. The van der Waals surface area contributed by atoms with Gasteiger partial charge in [0.25, 0.3) is 20.2 Å². The molecule has 0 radical (unpaired) electrons. The quantitative estimate of drug-likeness (QED) is 0.150. The molecule has 2 saturated carbocycles. The fourth-order valence-corrected chi connectivity index (χ4v) is 18.2. The summed E-state index contributed by atoms with van der Waals surface area (Å²) in [6.45, 7) is 15.6. The van der Waals surface area contributed by atoms with E-state index >= 15 is 0 Å². The molecular weight excluding hydrogens is 975 g/mol. The second kappa shape index (κ2) is 15.8. The number of rotatable bonds is 6. The van der Waals surface area contributed by atoms with E-state index in [4.69, 9.17) is 17.8 Å². The van der Waals surface area contributed by atoms with Crippen molar-refractivity contribution in [1.29, 1.82) is 0 Å².